The summed E-state index contributed by atoms with van der Waals surface area (Å²) in [5, 5.41) is 2.49. The van der Waals surface area contributed by atoms with Crippen molar-refractivity contribution in [2.24, 2.45) is 0 Å². The van der Waals surface area contributed by atoms with Crippen molar-refractivity contribution < 1.29 is 4.42 Å². The smallest absolute Gasteiger partial charge is 0.133 e. The molecule has 13 rings (SSSR count). The first kappa shape index (κ1) is 37.1. The highest BCUT2D eigenvalue weighted by atomic mass is 16.3. The minimum Gasteiger partial charge on any atom is -0.464 e. The molecule has 2 heteroatoms. The molecule has 1 atom stereocenters. The molecule has 1 aromatic heterocycles. The van der Waals surface area contributed by atoms with Gasteiger partial charge in [0, 0.05) is 22.6 Å². The van der Waals surface area contributed by atoms with Crippen LogP contribution in [-0.4, -0.2) is 0 Å². The Labute approximate surface area is 379 Å². The molecule has 1 spiro atoms. The van der Waals surface area contributed by atoms with Crippen molar-refractivity contribution in [3.63, 3.8) is 0 Å². The molecule has 1 heterocycles. The number of rotatable bonds is 6. The second-order valence-electron chi connectivity index (χ2n) is 17.2. The molecule has 2 aliphatic rings. The van der Waals surface area contributed by atoms with Crippen LogP contribution in [0, 0.1) is 0 Å². The number of furan rings is 1. The Morgan fingerprint density at radius 1 is 0.277 bits per heavy atom. The van der Waals surface area contributed by atoms with Crippen LogP contribution in [-0.2, 0) is 5.41 Å². The van der Waals surface area contributed by atoms with Crippen LogP contribution >= 0.6 is 0 Å². The molecule has 0 fully saturated rings. The van der Waals surface area contributed by atoms with Crippen molar-refractivity contribution in [3.8, 4) is 67.0 Å². The van der Waals surface area contributed by atoms with Crippen LogP contribution < -0.4 is 4.90 Å². The lowest BCUT2D eigenvalue weighted by molar-refractivity contribution is 0.582. The minimum absolute atomic E-state index is 0.622. The molecule has 0 saturated carbocycles. The quantitative estimate of drug-likeness (QED) is 0.166. The molecule has 2 nitrogen and oxygen atoms in total. The summed E-state index contributed by atoms with van der Waals surface area (Å²) < 4.78 is 5.77. The predicted octanol–water partition coefficient (Wildman–Crippen LogP) is 16.9. The average Bonchev–Trinajstić information content (AvgIpc) is 4.00. The molecule has 10 aromatic carbocycles. The third-order valence-corrected chi connectivity index (χ3v) is 13.8. The van der Waals surface area contributed by atoms with E-state index >= 15 is 0 Å². The van der Waals surface area contributed by atoms with Crippen LogP contribution in [0.5, 0.6) is 0 Å². The number of anilines is 3. The van der Waals surface area contributed by atoms with Crippen LogP contribution in [0.2, 0.25) is 0 Å². The highest BCUT2D eigenvalue weighted by Crippen LogP contribution is 2.62. The van der Waals surface area contributed by atoms with E-state index in [1.807, 2.05) is 12.1 Å². The van der Waals surface area contributed by atoms with Crippen molar-refractivity contribution in [3.05, 3.63) is 271 Å². The van der Waals surface area contributed by atoms with Crippen LogP contribution in [0.15, 0.2) is 253 Å². The first-order valence-electron chi connectivity index (χ1n) is 22.4. The number of benzene rings is 10. The number of nitrogens with zero attached hydrogens (tertiary/aromatic N) is 1. The second kappa shape index (κ2) is 14.8. The van der Waals surface area contributed by atoms with Gasteiger partial charge in [0.2, 0.25) is 0 Å². The van der Waals surface area contributed by atoms with Crippen molar-refractivity contribution in [1.82, 2.24) is 0 Å². The average molecular weight is 828 g/mol. The fourth-order valence-electron chi connectivity index (χ4n) is 10.9. The minimum atomic E-state index is -0.622. The highest BCUT2D eigenvalue weighted by molar-refractivity contribution is 6.01. The third-order valence-electron chi connectivity index (χ3n) is 13.8. The Bertz CT molecular complexity index is 3590. The van der Waals surface area contributed by atoms with Gasteiger partial charge in [-0.3, -0.25) is 0 Å². The monoisotopic (exact) mass is 827 g/mol. The van der Waals surface area contributed by atoms with Gasteiger partial charge < -0.3 is 9.32 Å². The maximum Gasteiger partial charge on any atom is 0.133 e. The third kappa shape index (κ3) is 5.81. The number of hydrogen-bond acceptors (Lipinski definition) is 2. The second-order valence-corrected chi connectivity index (χ2v) is 17.2. The SMILES string of the molecule is c1ccc(-c2ccc(N(c3ccc(-c4cccc(-c5ccco5)c4)cc3)c3ccc4c(c3)C3(c5ccccc5-c5ccccc5-4)c4ccccc4-c4cc5ccccc5cc43)cc2)cc1. The molecule has 0 bridgehead atoms. The lowest BCUT2D eigenvalue weighted by atomic mass is 9.65. The lowest BCUT2D eigenvalue weighted by Gasteiger charge is -2.36. The van der Waals surface area contributed by atoms with E-state index in [9.17, 15) is 0 Å². The van der Waals surface area contributed by atoms with E-state index in [1.165, 1.54) is 77.5 Å². The molecule has 65 heavy (non-hydrogen) atoms. The Kier molecular flexibility index (Phi) is 8.47. The molecule has 0 radical (unpaired) electrons. The summed E-state index contributed by atoms with van der Waals surface area (Å²) in [6, 6.07) is 89.4. The summed E-state index contributed by atoms with van der Waals surface area (Å²) in [5.74, 6) is 0.862. The molecule has 1 unspecified atom stereocenters. The van der Waals surface area contributed by atoms with Crippen molar-refractivity contribution >= 4 is 27.8 Å². The lowest BCUT2D eigenvalue weighted by Crippen LogP contribution is -2.29. The van der Waals surface area contributed by atoms with Crippen LogP contribution in [0.25, 0.3) is 77.7 Å². The Morgan fingerprint density at radius 3 is 1.43 bits per heavy atom. The molecule has 11 aromatic rings. The Morgan fingerprint density at radius 2 is 0.769 bits per heavy atom. The zero-order valence-electron chi connectivity index (χ0n) is 35.5. The summed E-state index contributed by atoms with van der Waals surface area (Å²) in [6.07, 6.45) is 1.73. The standard InChI is InChI=1S/C63H41NO/c1-2-14-42(15-3-1)43-27-31-49(32-28-43)64(50-33-29-44(30-34-50)45-18-12-19-48(38-45)62-26-13-37-65-62)51-35-36-56-53-21-7-6-20-52(53)54-22-8-10-24-58(54)63(61(56)41-51)59-25-11-9-23-55(59)57-39-46-16-4-5-17-47(46)40-60(57)63/h1-41H. The Balaban J connectivity index is 1.06. The van der Waals surface area contributed by atoms with E-state index in [2.05, 4.69) is 235 Å². The summed E-state index contributed by atoms with van der Waals surface area (Å²) in [6.45, 7) is 0. The van der Waals surface area contributed by atoms with Gasteiger partial charge in [0.05, 0.1) is 11.7 Å². The summed E-state index contributed by atoms with van der Waals surface area (Å²) in [4.78, 5) is 2.43. The number of hydrogen-bond donors (Lipinski definition) is 0. The van der Waals surface area contributed by atoms with Crippen LogP contribution in [0.3, 0.4) is 0 Å². The van der Waals surface area contributed by atoms with Crippen LogP contribution in [0.4, 0.5) is 17.1 Å². The predicted molar refractivity (Wildman–Crippen MR) is 269 cm³/mol. The largest absolute Gasteiger partial charge is 0.464 e. The van der Waals surface area contributed by atoms with E-state index in [0.29, 0.717) is 0 Å². The van der Waals surface area contributed by atoms with Gasteiger partial charge in [0.1, 0.15) is 5.76 Å². The molecule has 304 valence electrons. The Hall–Kier alpha value is -8.46. The molecular formula is C63H41NO. The molecule has 0 saturated heterocycles. The summed E-state index contributed by atoms with van der Waals surface area (Å²) >= 11 is 0. The van der Waals surface area contributed by atoms with Gasteiger partial charge in [-0.2, -0.15) is 0 Å². The normalized spacial score (nSPS) is 14.2. The molecule has 2 aliphatic carbocycles. The maximum absolute atomic E-state index is 5.77. The zero-order chi connectivity index (χ0) is 42.9. The number of fused-ring (bicyclic) bond motifs is 13. The van der Waals surface area contributed by atoms with E-state index in [1.54, 1.807) is 6.26 Å². The van der Waals surface area contributed by atoms with E-state index in [0.717, 1.165) is 39.5 Å². The topological polar surface area (TPSA) is 16.4 Å². The van der Waals surface area contributed by atoms with Crippen molar-refractivity contribution in [1.29, 1.82) is 0 Å². The molecule has 0 amide bonds. The first-order valence-corrected chi connectivity index (χ1v) is 22.4. The fourth-order valence-corrected chi connectivity index (χ4v) is 10.9. The van der Waals surface area contributed by atoms with Gasteiger partial charge in [-0.05, 0) is 155 Å². The highest BCUT2D eigenvalue weighted by Gasteiger charge is 2.50. The summed E-state index contributed by atoms with van der Waals surface area (Å²) in [5.41, 5.74) is 21.1. The van der Waals surface area contributed by atoms with Crippen LogP contribution in [0.1, 0.15) is 22.3 Å². The zero-order valence-corrected chi connectivity index (χ0v) is 35.5. The summed E-state index contributed by atoms with van der Waals surface area (Å²) in [7, 11) is 0. The molecule has 0 N–H and O–H groups in total. The van der Waals surface area contributed by atoms with Crippen molar-refractivity contribution in [2.45, 2.75) is 5.41 Å². The van der Waals surface area contributed by atoms with Gasteiger partial charge in [0.15, 0.2) is 0 Å². The van der Waals surface area contributed by atoms with Gasteiger partial charge in [0.25, 0.3) is 0 Å². The molecule has 0 aliphatic heterocycles. The van der Waals surface area contributed by atoms with Gasteiger partial charge in [-0.1, -0.05) is 176 Å². The van der Waals surface area contributed by atoms with Crippen molar-refractivity contribution in [2.75, 3.05) is 4.90 Å². The van der Waals surface area contributed by atoms with E-state index in [4.69, 9.17) is 4.42 Å². The first-order chi connectivity index (χ1) is 32.2. The van der Waals surface area contributed by atoms with Gasteiger partial charge in [-0.15, -0.1) is 0 Å². The fraction of sp³-hybridized carbons (Fsp3) is 0.0159. The molecular weight excluding hydrogens is 787 g/mol. The van der Waals surface area contributed by atoms with Gasteiger partial charge >= 0.3 is 0 Å². The van der Waals surface area contributed by atoms with E-state index in [-0.39, 0.29) is 0 Å². The van der Waals surface area contributed by atoms with E-state index < -0.39 is 5.41 Å². The van der Waals surface area contributed by atoms with Gasteiger partial charge in [-0.25, -0.2) is 0 Å². The maximum atomic E-state index is 5.77.